The van der Waals surface area contributed by atoms with Crippen LogP contribution in [0.3, 0.4) is 0 Å². The molecular formula is C14H9BrN2OS3. The summed E-state index contributed by atoms with van der Waals surface area (Å²) in [5.41, 5.74) is 6.97. The third kappa shape index (κ3) is 3.01. The molecule has 0 aliphatic heterocycles. The van der Waals surface area contributed by atoms with Gasteiger partial charge in [-0.1, -0.05) is 28.1 Å². The van der Waals surface area contributed by atoms with Gasteiger partial charge in [-0.2, -0.15) is 0 Å². The van der Waals surface area contributed by atoms with Gasteiger partial charge >= 0.3 is 0 Å². The highest BCUT2D eigenvalue weighted by Crippen LogP contribution is 2.31. The van der Waals surface area contributed by atoms with Crippen LogP contribution in [-0.2, 0) is 0 Å². The minimum atomic E-state index is -0.150. The van der Waals surface area contributed by atoms with Crippen molar-refractivity contribution in [3.63, 3.8) is 0 Å². The van der Waals surface area contributed by atoms with Crippen molar-refractivity contribution in [1.82, 2.24) is 0 Å². The van der Waals surface area contributed by atoms with Crippen molar-refractivity contribution in [2.75, 3.05) is 5.32 Å². The molecule has 0 radical (unpaired) electrons. The van der Waals surface area contributed by atoms with Crippen LogP contribution in [0.4, 0.5) is 5.69 Å². The van der Waals surface area contributed by atoms with Gasteiger partial charge in [-0.15, -0.1) is 22.7 Å². The number of benzene rings is 1. The lowest BCUT2D eigenvalue weighted by Crippen LogP contribution is -2.17. The van der Waals surface area contributed by atoms with Crippen LogP contribution in [0.1, 0.15) is 15.2 Å². The van der Waals surface area contributed by atoms with E-state index in [0.29, 0.717) is 16.1 Å². The van der Waals surface area contributed by atoms with Crippen LogP contribution in [0, 0.1) is 0 Å². The van der Waals surface area contributed by atoms with Gasteiger partial charge in [0.15, 0.2) is 0 Å². The summed E-state index contributed by atoms with van der Waals surface area (Å²) in [6, 6.07) is 9.34. The molecule has 0 unspecified atom stereocenters. The van der Waals surface area contributed by atoms with Gasteiger partial charge in [0, 0.05) is 19.4 Å². The number of nitrogens with two attached hydrogens (primary N) is 1. The summed E-state index contributed by atoms with van der Waals surface area (Å²) in [5, 5.41) is 4.89. The summed E-state index contributed by atoms with van der Waals surface area (Å²) in [6.45, 7) is 0. The zero-order valence-corrected chi connectivity index (χ0v) is 14.6. The van der Waals surface area contributed by atoms with E-state index in [2.05, 4.69) is 21.2 Å². The first-order valence-electron chi connectivity index (χ1n) is 5.92. The number of thiocarbonyl (C=S) groups is 1. The summed E-state index contributed by atoms with van der Waals surface area (Å²) in [6.07, 6.45) is 0. The quantitative estimate of drug-likeness (QED) is 0.635. The summed E-state index contributed by atoms with van der Waals surface area (Å²) in [5.74, 6) is -0.150. The van der Waals surface area contributed by atoms with Crippen LogP contribution in [0.5, 0.6) is 0 Å². The molecule has 0 aliphatic rings. The molecule has 106 valence electrons. The van der Waals surface area contributed by atoms with Crippen molar-refractivity contribution in [2.45, 2.75) is 0 Å². The maximum atomic E-state index is 12.3. The average Bonchev–Trinajstić information content (AvgIpc) is 3.01. The van der Waals surface area contributed by atoms with Crippen molar-refractivity contribution in [3.8, 4) is 0 Å². The lowest BCUT2D eigenvalue weighted by Gasteiger charge is -2.09. The molecule has 7 heteroatoms. The maximum Gasteiger partial charge on any atom is 0.265 e. The fraction of sp³-hybridized carbons (Fsp3) is 0. The standard InChI is InChI=1S/C14H9BrN2OS3/c15-7-1-2-9(8(5-7)13(16)19)17-14(18)12-6-11-10(21-12)3-4-20-11/h1-6H,(H2,16,19)(H,17,18). The predicted octanol–water partition coefficient (Wildman–Crippen LogP) is 4.61. The molecule has 0 fully saturated rings. The molecule has 1 amide bonds. The highest BCUT2D eigenvalue weighted by molar-refractivity contribution is 9.10. The van der Waals surface area contributed by atoms with Gasteiger partial charge in [0.2, 0.25) is 0 Å². The second-order valence-electron chi connectivity index (χ2n) is 4.27. The summed E-state index contributed by atoms with van der Waals surface area (Å²) >= 11 is 11.5. The molecular weight excluding hydrogens is 388 g/mol. The van der Waals surface area contributed by atoms with Gasteiger partial charge in [0.05, 0.1) is 10.6 Å². The summed E-state index contributed by atoms with van der Waals surface area (Å²) in [4.78, 5) is 13.3. The van der Waals surface area contributed by atoms with Gasteiger partial charge in [-0.3, -0.25) is 4.79 Å². The van der Waals surface area contributed by atoms with Gasteiger partial charge in [-0.05, 0) is 35.7 Å². The fourth-order valence-electron chi connectivity index (χ4n) is 1.89. The smallest absolute Gasteiger partial charge is 0.265 e. The van der Waals surface area contributed by atoms with E-state index in [1.807, 2.05) is 23.6 Å². The minimum absolute atomic E-state index is 0.150. The molecule has 2 aromatic heterocycles. The second kappa shape index (κ2) is 5.84. The van der Waals surface area contributed by atoms with E-state index in [0.717, 1.165) is 13.9 Å². The average molecular weight is 397 g/mol. The van der Waals surface area contributed by atoms with Crippen molar-refractivity contribution in [1.29, 1.82) is 0 Å². The van der Waals surface area contributed by atoms with Crippen molar-refractivity contribution >= 4 is 76.8 Å². The first kappa shape index (κ1) is 14.6. The second-order valence-corrected chi connectivity index (χ2v) is 7.66. The number of thiophene rings is 2. The SMILES string of the molecule is NC(=S)c1cc(Br)ccc1NC(=O)c1cc2sccc2s1. The zero-order chi connectivity index (χ0) is 15.0. The van der Waals surface area contributed by atoms with Crippen LogP contribution >= 0.6 is 50.8 Å². The molecule has 0 aliphatic carbocycles. The Morgan fingerprint density at radius 3 is 2.76 bits per heavy atom. The van der Waals surface area contributed by atoms with E-state index in [9.17, 15) is 4.79 Å². The topological polar surface area (TPSA) is 55.1 Å². The number of fused-ring (bicyclic) bond motifs is 1. The summed E-state index contributed by atoms with van der Waals surface area (Å²) in [7, 11) is 0. The lowest BCUT2D eigenvalue weighted by atomic mass is 10.1. The highest BCUT2D eigenvalue weighted by atomic mass is 79.9. The van der Waals surface area contributed by atoms with Crippen molar-refractivity contribution < 1.29 is 4.79 Å². The first-order chi connectivity index (χ1) is 10.0. The van der Waals surface area contributed by atoms with Crippen molar-refractivity contribution in [2.24, 2.45) is 5.73 Å². The van der Waals surface area contributed by atoms with E-state index in [4.69, 9.17) is 18.0 Å². The Morgan fingerprint density at radius 1 is 1.24 bits per heavy atom. The first-order valence-corrected chi connectivity index (χ1v) is 8.82. The number of hydrogen-bond donors (Lipinski definition) is 2. The van der Waals surface area contributed by atoms with Gasteiger partial charge in [0.25, 0.3) is 5.91 Å². The van der Waals surface area contributed by atoms with Crippen LogP contribution in [0.15, 0.2) is 40.2 Å². The molecule has 3 rings (SSSR count). The third-order valence-electron chi connectivity index (χ3n) is 2.86. The van der Waals surface area contributed by atoms with Crippen LogP contribution in [0.2, 0.25) is 0 Å². The van der Waals surface area contributed by atoms with Crippen molar-refractivity contribution in [3.05, 3.63) is 50.6 Å². The number of amides is 1. The number of anilines is 1. The zero-order valence-electron chi connectivity index (χ0n) is 10.6. The number of halogens is 1. The highest BCUT2D eigenvalue weighted by Gasteiger charge is 2.14. The van der Waals surface area contributed by atoms with E-state index >= 15 is 0 Å². The largest absolute Gasteiger partial charge is 0.389 e. The molecule has 2 heterocycles. The Bertz CT molecular complexity index is 824. The Balaban J connectivity index is 1.91. The monoisotopic (exact) mass is 396 g/mol. The molecule has 0 saturated heterocycles. The number of rotatable bonds is 3. The molecule has 3 N–H and O–H groups in total. The molecule has 3 aromatic rings. The number of nitrogens with one attached hydrogen (secondary N) is 1. The molecule has 3 nitrogen and oxygen atoms in total. The molecule has 0 atom stereocenters. The van der Waals surface area contributed by atoms with Gasteiger partial charge in [-0.25, -0.2) is 0 Å². The third-order valence-corrected chi connectivity index (χ3v) is 5.66. The van der Waals surface area contributed by atoms with Crippen LogP contribution in [0.25, 0.3) is 9.40 Å². The van der Waals surface area contributed by atoms with E-state index in [1.54, 1.807) is 23.5 Å². The Hall–Kier alpha value is -1.28. The Labute approximate surface area is 142 Å². The molecule has 21 heavy (non-hydrogen) atoms. The van der Waals surface area contributed by atoms with Gasteiger partial charge in [0.1, 0.15) is 4.99 Å². The van der Waals surface area contributed by atoms with E-state index in [1.165, 1.54) is 11.3 Å². The summed E-state index contributed by atoms with van der Waals surface area (Å²) < 4.78 is 3.10. The van der Waals surface area contributed by atoms with E-state index in [-0.39, 0.29) is 10.9 Å². The maximum absolute atomic E-state index is 12.3. The Kier molecular flexibility index (Phi) is 4.08. The molecule has 0 saturated carbocycles. The number of hydrogen-bond acceptors (Lipinski definition) is 4. The number of carbonyl (C=O) groups excluding carboxylic acids is 1. The minimum Gasteiger partial charge on any atom is -0.389 e. The normalized spacial score (nSPS) is 10.7. The Morgan fingerprint density at radius 2 is 2.05 bits per heavy atom. The molecule has 0 spiro atoms. The van der Waals surface area contributed by atoms with Gasteiger partial charge < -0.3 is 11.1 Å². The lowest BCUT2D eigenvalue weighted by molar-refractivity contribution is 0.103. The molecule has 0 bridgehead atoms. The van der Waals surface area contributed by atoms with Crippen LogP contribution < -0.4 is 11.1 Å². The molecule has 1 aromatic carbocycles. The number of carbonyl (C=O) groups is 1. The predicted molar refractivity (Wildman–Crippen MR) is 97.7 cm³/mol. The van der Waals surface area contributed by atoms with Crippen LogP contribution in [-0.4, -0.2) is 10.9 Å². The van der Waals surface area contributed by atoms with E-state index < -0.39 is 0 Å². The fourth-order valence-corrected chi connectivity index (χ4v) is 4.42.